The Bertz CT molecular complexity index is 1430. The number of aromatic nitrogens is 1. The first-order chi connectivity index (χ1) is 17.8. The van der Waals surface area contributed by atoms with Crippen molar-refractivity contribution in [2.24, 2.45) is 0 Å². The van der Waals surface area contributed by atoms with Crippen molar-refractivity contribution in [1.82, 2.24) is 9.47 Å². The Labute approximate surface area is 223 Å². The lowest BCUT2D eigenvalue weighted by Crippen LogP contribution is -2.48. The van der Waals surface area contributed by atoms with Crippen LogP contribution >= 0.6 is 23.4 Å². The molecule has 1 unspecified atom stereocenters. The number of fused-ring (bicyclic) bond motifs is 1. The quantitative estimate of drug-likeness (QED) is 0.300. The fraction of sp³-hybridized carbons (Fsp3) is 0.360. The normalized spacial score (nSPS) is 17.9. The lowest BCUT2D eigenvalue weighted by Gasteiger charge is -2.26. The average Bonchev–Trinajstić information content (AvgIpc) is 3.38. The van der Waals surface area contributed by atoms with E-state index in [0.29, 0.717) is 10.6 Å². The minimum absolute atomic E-state index is 0.0363. The molecule has 1 aliphatic rings. The van der Waals surface area contributed by atoms with Gasteiger partial charge in [-0.15, -0.1) is 0 Å². The van der Waals surface area contributed by atoms with Crippen LogP contribution in [0.3, 0.4) is 0 Å². The number of likely N-dealkylation sites (tertiary alicyclic amines) is 1. The zero-order valence-electron chi connectivity index (χ0n) is 20.2. The van der Waals surface area contributed by atoms with E-state index in [1.165, 1.54) is 34.9 Å². The largest absolute Gasteiger partial charge is 0.462 e. The summed E-state index contributed by atoms with van der Waals surface area (Å²) in [5, 5.41) is 9.98. The number of esters is 1. The van der Waals surface area contributed by atoms with E-state index in [4.69, 9.17) is 16.3 Å². The van der Waals surface area contributed by atoms with Crippen LogP contribution in [-0.4, -0.2) is 57.9 Å². The summed E-state index contributed by atoms with van der Waals surface area (Å²) in [6, 6.07) is 6.93. The SMILES string of the molecule is CCOC(=O)c1cccc(Sc2c(C)n(CC(=O)N3CCC(O)(C(F)(F)F)C3)c3c(F)c(Cl)ccc23)c1F. The molecular weight excluding hydrogens is 555 g/mol. The van der Waals surface area contributed by atoms with Crippen molar-refractivity contribution in [3.63, 3.8) is 0 Å². The van der Waals surface area contributed by atoms with Gasteiger partial charge in [-0.3, -0.25) is 4.79 Å². The number of carbonyl (C=O) groups is 2. The maximum atomic E-state index is 15.2. The highest BCUT2D eigenvalue weighted by molar-refractivity contribution is 7.99. The average molecular weight is 577 g/mol. The van der Waals surface area contributed by atoms with Gasteiger partial charge in [-0.1, -0.05) is 29.4 Å². The van der Waals surface area contributed by atoms with Crippen molar-refractivity contribution in [3.05, 3.63) is 58.2 Å². The molecule has 0 aliphatic carbocycles. The van der Waals surface area contributed by atoms with E-state index >= 15 is 8.78 Å². The molecule has 0 bridgehead atoms. The third-order valence-corrected chi connectivity index (χ3v) is 7.96. The first kappa shape index (κ1) is 28.2. The second kappa shape index (κ2) is 10.4. The zero-order chi connectivity index (χ0) is 28.0. The van der Waals surface area contributed by atoms with Crippen LogP contribution in [0.4, 0.5) is 22.0 Å². The molecule has 0 saturated carbocycles. The van der Waals surface area contributed by atoms with Gasteiger partial charge in [-0.2, -0.15) is 13.2 Å². The van der Waals surface area contributed by atoms with Gasteiger partial charge < -0.3 is 19.3 Å². The number of amides is 1. The Kier molecular flexibility index (Phi) is 7.70. The molecule has 13 heteroatoms. The second-order valence-electron chi connectivity index (χ2n) is 8.79. The molecule has 1 aliphatic heterocycles. The molecule has 0 spiro atoms. The summed E-state index contributed by atoms with van der Waals surface area (Å²) in [7, 11) is 0. The highest BCUT2D eigenvalue weighted by Crippen LogP contribution is 2.42. The van der Waals surface area contributed by atoms with E-state index in [-0.39, 0.29) is 39.5 Å². The Morgan fingerprint density at radius 2 is 1.89 bits per heavy atom. The van der Waals surface area contributed by atoms with Gasteiger partial charge in [0.05, 0.1) is 29.3 Å². The van der Waals surface area contributed by atoms with Crippen molar-refractivity contribution in [2.45, 2.75) is 48.4 Å². The van der Waals surface area contributed by atoms with Crippen molar-refractivity contribution in [2.75, 3.05) is 19.7 Å². The maximum Gasteiger partial charge on any atom is 0.419 e. The van der Waals surface area contributed by atoms with Crippen LogP contribution in [0.15, 0.2) is 40.1 Å². The second-order valence-corrected chi connectivity index (χ2v) is 10.3. The molecule has 204 valence electrons. The molecule has 1 fully saturated rings. The summed E-state index contributed by atoms with van der Waals surface area (Å²) in [5.74, 6) is -3.32. The number of rotatable bonds is 6. The molecule has 1 saturated heterocycles. The molecule has 38 heavy (non-hydrogen) atoms. The minimum atomic E-state index is -4.91. The first-order valence-electron chi connectivity index (χ1n) is 11.5. The molecule has 1 atom stereocenters. The monoisotopic (exact) mass is 576 g/mol. The van der Waals surface area contributed by atoms with Gasteiger partial charge in [0, 0.05) is 33.8 Å². The third kappa shape index (κ3) is 4.96. The van der Waals surface area contributed by atoms with Crippen LogP contribution in [0.1, 0.15) is 29.4 Å². The molecule has 0 radical (unpaired) electrons. The van der Waals surface area contributed by atoms with Gasteiger partial charge in [0.1, 0.15) is 6.54 Å². The van der Waals surface area contributed by atoms with Crippen LogP contribution in [0, 0.1) is 18.6 Å². The number of ether oxygens (including phenoxy) is 1. The van der Waals surface area contributed by atoms with E-state index < -0.39 is 54.8 Å². The molecule has 3 aromatic rings. The molecule has 1 aromatic heterocycles. The van der Waals surface area contributed by atoms with Crippen LogP contribution < -0.4 is 0 Å². The molecule has 2 heterocycles. The zero-order valence-corrected chi connectivity index (χ0v) is 21.7. The number of β-amino-alcohol motifs (C(OH)–C–C–N with tert-alkyl or cyclic N) is 1. The standard InChI is InChI=1S/C25H22ClF5N2O4S/c1-3-37-23(35)14-5-4-6-17(19(14)27)38-22-13(2)33(21-15(22)7-8-16(26)20(21)28)11-18(34)32-10-9-24(36,12-32)25(29,30)31/h4-8,36H,3,9-12H2,1-2H3. The number of hydrogen-bond donors (Lipinski definition) is 1. The maximum absolute atomic E-state index is 15.2. The van der Waals surface area contributed by atoms with E-state index in [2.05, 4.69) is 0 Å². The van der Waals surface area contributed by atoms with Gasteiger partial charge in [0.25, 0.3) is 0 Å². The highest BCUT2D eigenvalue weighted by Gasteiger charge is 2.57. The van der Waals surface area contributed by atoms with Crippen LogP contribution in [-0.2, 0) is 16.1 Å². The third-order valence-electron chi connectivity index (χ3n) is 6.41. The number of carbonyl (C=O) groups excluding carboxylic acids is 2. The van der Waals surface area contributed by atoms with Gasteiger partial charge in [-0.25, -0.2) is 13.6 Å². The summed E-state index contributed by atoms with van der Waals surface area (Å²) in [6.07, 6.45) is -5.59. The predicted octanol–water partition coefficient (Wildman–Crippen LogP) is 5.73. The Hall–Kier alpha value is -2.83. The number of hydrogen-bond acceptors (Lipinski definition) is 5. The summed E-state index contributed by atoms with van der Waals surface area (Å²) >= 11 is 6.87. The number of aliphatic hydroxyl groups is 1. The van der Waals surface area contributed by atoms with E-state index in [1.54, 1.807) is 13.8 Å². The molecule has 4 rings (SSSR count). The summed E-state index contributed by atoms with van der Waals surface area (Å²) in [5.41, 5.74) is -3.06. The topological polar surface area (TPSA) is 71.8 Å². The summed E-state index contributed by atoms with van der Waals surface area (Å²) < 4.78 is 76.2. The lowest BCUT2D eigenvalue weighted by atomic mass is 10.0. The van der Waals surface area contributed by atoms with Crippen molar-refractivity contribution in [1.29, 1.82) is 0 Å². The number of halogens is 6. The van der Waals surface area contributed by atoms with Crippen LogP contribution in [0.25, 0.3) is 10.9 Å². The number of benzene rings is 2. The molecule has 1 N–H and O–H groups in total. The van der Waals surface area contributed by atoms with Gasteiger partial charge in [0.2, 0.25) is 5.91 Å². The fourth-order valence-corrected chi connectivity index (χ4v) is 5.59. The number of nitrogens with zero attached hydrogens (tertiary/aromatic N) is 2. The molecule has 1 amide bonds. The minimum Gasteiger partial charge on any atom is -0.462 e. The summed E-state index contributed by atoms with van der Waals surface area (Å²) in [4.78, 5) is 26.4. The van der Waals surface area contributed by atoms with E-state index in [0.717, 1.165) is 16.7 Å². The Morgan fingerprint density at radius 1 is 1.18 bits per heavy atom. The number of alkyl halides is 3. The fourth-order valence-electron chi connectivity index (χ4n) is 4.34. The highest BCUT2D eigenvalue weighted by atomic mass is 35.5. The molecule has 2 aromatic carbocycles. The lowest BCUT2D eigenvalue weighted by molar-refractivity contribution is -0.253. The van der Waals surface area contributed by atoms with Crippen LogP contribution in [0.5, 0.6) is 0 Å². The van der Waals surface area contributed by atoms with Gasteiger partial charge in [-0.05, 0) is 38.1 Å². The smallest absolute Gasteiger partial charge is 0.419 e. The summed E-state index contributed by atoms with van der Waals surface area (Å²) in [6.45, 7) is 1.37. The molecule has 6 nitrogen and oxygen atoms in total. The molecular formula is C25H22ClF5N2O4S. The van der Waals surface area contributed by atoms with Crippen molar-refractivity contribution in [3.8, 4) is 0 Å². The van der Waals surface area contributed by atoms with E-state index in [9.17, 15) is 27.9 Å². The van der Waals surface area contributed by atoms with Crippen molar-refractivity contribution >= 4 is 46.1 Å². The van der Waals surface area contributed by atoms with Crippen molar-refractivity contribution < 1.29 is 41.4 Å². The first-order valence-corrected chi connectivity index (χ1v) is 12.7. The van der Waals surface area contributed by atoms with Gasteiger partial charge in [0.15, 0.2) is 17.2 Å². The Morgan fingerprint density at radius 3 is 2.53 bits per heavy atom. The predicted molar refractivity (Wildman–Crippen MR) is 130 cm³/mol. The Balaban J connectivity index is 1.73. The van der Waals surface area contributed by atoms with Gasteiger partial charge >= 0.3 is 12.1 Å². The van der Waals surface area contributed by atoms with Crippen LogP contribution in [0.2, 0.25) is 5.02 Å². The van der Waals surface area contributed by atoms with E-state index in [1.807, 2.05) is 0 Å².